The summed E-state index contributed by atoms with van der Waals surface area (Å²) in [5.74, 6) is 0.590. The molecule has 0 spiro atoms. The molecule has 4 heteroatoms. The van der Waals surface area contributed by atoms with E-state index in [1.54, 1.807) is 18.1 Å². The van der Waals surface area contributed by atoms with E-state index in [4.69, 9.17) is 0 Å². The van der Waals surface area contributed by atoms with Crippen molar-refractivity contribution in [3.05, 3.63) is 53.7 Å². The Labute approximate surface area is 125 Å². The summed E-state index contributed by atoms with van der Waals surface area (Å²) in [7, 11) is 1.74. The zero-order chi connectivity index (χ0) is 15.2. The fourth-order valence-corrected chi connectivity index (χ4v) is 2.10. The fourth-order valence-electron chi connectivity index (χ4n) is 2.10. The van der Waals surface area contributed by atoms with Crippen molar-refractivity contribution in [2.45, 2.75) is 20.3 Å². The fraction of sp³-hybridized carbons (Fsp3) is 0.294. The third kappa shape index (κ3) is 3.60. The molecule has 0 aliphatic carbocycles. The lowest BCUT2D eigenvalue weighted by Gasteiger charge is -2.17. The van der Waals surface area contributed by atoms with Gasteiger partial charge in [-0.05, 0) is 49.2 Å². The number of amides is 1. The van der Waals surface area contributed by atoms with Crippen molar-refractivity contribution in [1.29, 1.82) is 0 Å². The van der Waals surface area contributed by atoms with Crippen LogP contribution in [0.25, 0.3) is 0 Å². The van der Waals surface area contributed by atoms with Crippen LogP contribution in [0.4, 0.5) is 11.5 Å². The highest BCUT2D eigenvalue weighted by atomic mass is 16.2. The van der Waals surface area contributed by atoms with Gasteiger partial charge in [0.15, 0.2) is 0 Å². The first-order valence-corrected chi connectivity index (χ1v) is 7.17. The molecule has 0 atom stereocenters. The average molecular weight is 283 g/mol. The van der Waals surface area contributed by atoms with Gasteiger partial charge < -0.3 is 5.32 Å². The second-order valence-electron chi connectivity index (χ2n) is 5.01. The number of aryl methyl sites for hydroxylation is 1. The van der Waals surface area contributed by atoms with Crippen LogP contribution < -0.4 is 10.2 Å². The van der Waals surface area contributed by atoms with Gasteiger partial charge in [0.2, 0.25) is 0 Å². The second-order valence-corrected chi connectivity index (χ2v) is 5.01. The van der Waals surface area contributed by atoms with E-state index in [0.717, 1.165) is 24.2 Å². The van der Waals surface area contributed by atoms with Gasteiger partial charge in [-0.2, -0.15) is 0 Å². The van der Waals surface area contributed by atoms with E-state index in [2.05, 4.69) is 17.2 Å². The van der Waals surface area contributed by atoms with Crippen LogP contribution in [0.15, 0.2) is 42.6 Å². The lowest BCUT2D eigenvalue weighted by molar-refractivity contribution is 0.0992. The van der Waals surface area contributed by atoms with Crippen LogP contribution in [0, 0.1) is 6.92 Å². The van der Waals surface area contributed by atoms with E-state index < -0.39 is 0 Å². The highest BCUT2D eigenvalue weighted by Crippen LogP contribution is 2.19. The first-order chi connectivity index (χ1) is 10.1. The van der Waals surface area contributed by atoms with Crippen molar-refractivity contribution >= 4 is 17.4 Å². The number of nitrogens with one attached hydrogen (secondary N) is 1. The molecule has 0 saturated heterocycles. The van der Waals surface area contributed by atoms with Crippen LogP contribution >= 0.6 is 0 Å². The average Bonchev–Trinajstić information content (AvgIpc) is 2.53. The van der Waals surface area contributed by atoms with Gasteiger partial charge in [0, 0.05) is 31.0 Å². The number of carbonyl (C=O) groups is 1. The van der Waals surface area contributed by atoms with Crippen LogP contribution in [0.2, 0.25) is 0 Å². The van der Waals surface area contributed by atoms with E-state index in [0.29, 0.717) is 11.4 Å². The highest BCUT2D eigenvalue weighted by molar-refractivity contribution is 6.05. The van der Waals surface area contributed by atoms with Gasteiger partial charge >= 0.3 is 0 Å². The molecule has 0 unspecified atom stereocenters. The molecule has 2 aromatic rings. The number of anilines is 2. The molecule has 0 bridgehead atoms. The number of hydrogen-bond acceptors (Lipinski definition) is 3. The van der Waals surface area contributed by atoms with Gasteiger partial charge in [-0.25, -0.2) is 4.98 Å². The number of pyridine rings is 1. The lowest BCUT2D eigenvalue weighted by atomic mass is 10.1. The molecule has 4 nitrogen and oxygen atoms in total. The molecule has 0 fully saturated rings. The molecular formula is C17H21N3O. The van der Waals surface area contributed by atoms with Crippen molar-refractivity contribution in [3.63, 3.8) is 0 Å². The van der Waals surface area contributed by atoms with E-state index in [9.17, 15) is 4.79 Å². The molecule has 0 radical (unpaired) electrons. The molecule has 2 rings (SSSR count). The van der Waals surface area contributed by atoms with Crippen LogP contribution in [0.3, 0.4) is 0 Å². The third-order valence-electron chi connectivity index (χ3n) is 3.34. The second kappa shape index (κ2) is 6.88. The molecule has 0 aliphatic heterocycles. The smallest absolute Gasteiger partial charge is 0.259 e. The first kappa shape index (κ1) is 15.0. The third-order valence-corrected chi connectivity index (χ3v) is 3.34. The summed E-state index contributed by atoms with van der Waals surface area (Å²) in [6, 6.07) is 11.3. The first-order valence-electron chi connectivity index (χ1n) is 7.17. The zero-order valence-corrected chi connectivity index (χ0v) is 12.8. The summed E-state index contributed by atoms with van der Waals surface area (Å²) in [4.78, 5) is 18.3. The molecule has 1 aromatic carbocycles. The Morgan fingerprint density at radius 1 is 1.29 bits per heavy atom. The molecule has 110 valence electrons. The molecule has 1 heterocycles. The van der Waals surface area contributed by atoms with Gasteiger partial charge in [-0.15, -0.1) is 0 Å². The minimum Gasteiger partial charge on any atom is -0.385 e. The summed E-state index contributed by atoms with van der Waals surface area (Å²) in [6.45, 7) is 5.07. The maximum Gasteiger partial charge on any atom is 0.259 e. The van der Waals surface area contributed by atoms with E-state index in [1.165, 1.54) is 0 Å². The minimum absolute atomic E-state index is 0.0566. The number of benzene rings is 1. The van der Waals surface area contributed by atoms with E-state index in [-0.39, 0.29) is 5.91 Å². The SMILES string of the molecule is CCCNc1ccc(C(=O)N(C)c2ccccn2)cc1C. The molecule has 1 N–H and O–H groups in total. The summed E-state index contributed by atoms with van der Waals surface area (Å²) < 4.78 is 0. The van der Waals surface area contributed by atoms with Crippen LogP contribution in [-0.2, 0) is 0 Å². The Morgan fingerprint density at radius 3 is 2.71 bits per heavy atom. The normalized spacial score (nSPS) is 10.2. The monoisotopic (exact) mass is 283 g/mol. The van der Waals surface area contributed by atoms with Crippen molar-refractivity contribution in [2.24, 2.45) is 0 Å². The number of nitrogens with zero attached hydrogens (tertiary/aromatic N) is 2. The molecular weight excluding hydrogens is 262 g/mol. The van der Waals surface area contributed by atoms with Crippen LogP contribution in [0.1, 0.15) is 29.3 Å². The topological polar surface area (TPSA) is 45.2 Å². The predicted molar refractivity (Wildman–Crippen MR) is 86.9 cm³/mol. The van der Waals surface area contributed by atoms with Crippen molar-refractivity contribution in [1.82, 2.24) is 4.98 Å². The molecule has 0 aliphatic rings. The largest absolute Gasteiger partial charge is 0.385 e. The predicted octanol–water partition coefficient (Wildman–Crippen LogP) is 3.49. The molecule has 21 heavy (non-hydrogen) atoms. The van der Waals surface area contributed by atoms with Crippen LogP contribution in [-0.4, -0.2) is 24.5 Å². The Morgan fingerprint density at radius 2 is 2.10 bits per heavy atom. The lowest BCUT2D eigenvalue weighted by Crippen LogP contribution is -2.27. The summed E-state index contributed by atoms with van der Waals surface area (Å²) in [6.07, 6.45) is 2.75. The van der Waals surface area contributed by atoms with Crippen LogP contribution in [0.5, 0.6) is 0 Å². The van der Waals surface area contributed by atoms with Gasteiger partial charge in [0.05, 0.1) is 0 Å². The maximum absolute atomic E-state index is 12.5. The standard InChI is InChI=1S/C17H21N3O/c1-4-10-18-15-9-8-14(12-13(15)2)17(21)20(3)16-7-5-6-11-19-16/h5-9,11-12,18H,4,10H2,1-3H3. The van der Waals surface area contributed by atoms with Crippen molar-refractivity contribution in [2.75, 3.05) is 23.8 Å². The van der Waals surface area contributed by atoms with Gasteiger partial charge in [-0.1, -0.05) is 13.0 Å². The quantitative estimate of drug-likeness (QED) is 0.913. The van der Waals surface area contributed by atoms with E-state index >= 15 is 0 Å². The van der Waals surface area contributed by atoms with Gasteiger partial charge in [0.1, 0.15) is 5.82 Å². The molecule has 0 saturated carbocycles. The highest BCUT2D eigenvalue weighted by Gasteiger charge is 2.14. The molecule has 1 aromatic heterocycles. The van der Waals surface area contributed by atoms with Crippen molar-refractivity contribution in [3.8, 4) is 0 Å². The number of aromatic nitrogens is 1. The number of hydrogen-bond donors (Lipinski definition) is 1. The Balaban J connectivity index is 2.18. The Bertz CT molecular complexity index is 611. The van der Waals surface area contributed by atoms with E-state index in [1.807, 2.05) is 43.3 Å². The maximum atomic E-state index is 12.5. The van der Waals surface area contributed by atoms with Gasteiger partial charge in [0.25, 0.3) is 5.91 Å². The minimum atomic E-state index is -0.0566. The van der Waals surface area contributed by atoms with Crippen molar-refractivity contribution < 1.29 is 4.79 Å². The number of carbonyl (C=O) groups excluding carboxylic acids is 1. The Kier molecular flexibility index (Phi) is 4.93. The zero-order valence-electron chi connectivity index (χ0n) is 12.8. The summed E-state index contributed by atoms with van der Waals surface area (Å²) in [5, 5.41) is 3.35. The Hall–Kier alpha value is -2.36. The number of rotatable bonds is 5. The summed E-state index contributed by atoms with van der Waals surface area (Å²) >= 11 is 0. The molecule has 1 amide bonds. The van der Waals surface area contributed by atoms with Gasteiger partial charge in [-0.3, -0.25) is 9.69 Å². The summed E-state index contributed by atoms with van der Waals surface area (Å²) in [5.41, 5.74) is 2.82.